The summed E-state index contributed by atoms with van der Waals surface area (Å²) in [6, 6.07) is 9.41. The summed E-state index contributed by atoms with van der Waals surface area (Å²) in [5.74, 6) is 1.53. The summed E-state index contributed by atoms with van der Waals surface area (Å²) in [5.41, 5.74) is 0. The van der Waals surface area contributed by atoms with Gasteiger partial charge in [0.2, 0.25) is 0 Å². The average Bonchev–Trinajstić information content (AvgIpc) is 2.52. The normalized spacial score (nSPS) is 12.3. The first kappa shape index (κ1) is 20.0. The van der Waals surface area contributed by atoms with Gasteiger partial charge >= 0.3 is 0 Å². The second kappa shape index (κ2) is 12.4. The van der Waals surface area contributed by atoms with Gasteiger partial charge in [-0.2, -0.15) is 0 Å². The predicted octanol–water partition coefficient (Wildman–Crippen LogP) is 6.37. The molecule has 0 bridgehead atoms. The minimum absolute atomic E-state index is 0.400. The second-order valence-electron chi connectivity index (χ2n) is 6.67. The van der Waals surface area contributed by atoms with Gasteiger partial charge in [-0.1, -0.05) is 77.0 Å². The molecule has 1 unspecified atom stereocenters. The van der Waals surface area contributed by atoms with Gasteiger partial charge in [-0.15, -0.1) is 0 Å². The third-order valence-electron chi connectivity index (χ3n) is 4.02. The number of halogens is 1. The molecule has 1 aromatic carbocycles. The Hall–Kier alpha value is -1.02. The SMILES string of the molecule is CC(C)CCCCCCCCCC(Oc1ccccc1)C(=O)Cl. The number of benzene rings is 1. The molecule has 1 rings (SSSR count). The number of hydrogen-bond donors (Lipinski definition) is 0. The molecule has 0 fully saturated rings. The lowest BCUT2D eigenvalue weighted by Gasteiger charge is -2.15. The molecule has 23 heavy (non-hydrogen) atoms. The predicted molar refractivity (Wildman–Crippen MR) is 98.1 cm³/mol. The van der Waals surface area contributed by atoms with Crippen molar-refractivity contribution < 1.29 is 9.53 Å². The van der Waals surface area contributed by atoms with E-state index in [0.717, 1.165) is 18.8 Å². The summed E-state index contributed by atoms with van der Waals surface area (Å²) in [7, 11) is 0. The Morgan fingerprint density at radius 3 is 1.96 bits per heavy atom. The first-order valence-electron chi connectivity index (χ1n) is 9.00. The van der Waals surface area contributed by atoms with Gasteiger partial charge in [-0.05, 0) is 42.5 Å². The van der Waals surface area contributed by atoms with E-state index in [-0.39, 0.29) is 0 Å². The lowest BCUT2D eigenvalue weighted by molar-refractivity contribution is -0.118. The van der Waals surface area contributed by atoms with E-state index in [4.69, 9.17) is 16.3 Å². The van der Waals surface area contributed by atoms with E-state index in [9.17, 15) is 4.79 Å². The molecule has 0 aliphatic rings. The maximum Gasteiger partial charge on any atom is 0.262 e. The Balaban J connectivity index is 2.08. The number of unbranched alkanes of at least 4 members (excludes halogenated alkanes) is 6. The zero-order valence-electron chi connectivity index (χ0n) is 14.6. The van der Waals surface area contributed by atoms with Crippen LogP contribution in [0.1, 0.15) is 71.6 Å². The fourth-order valence-electron chi connectivity index (χ4n) is 2.65. The van der Waals surface area contributed by atoms with E-state index in [0.29, 0.717) is 12.2 Å². The summed E-state index contributed by atoms with van der Waals surface area (Å²) in [6.07, 6.45) is 10.2. The molecule has 0 radical (unpaired) electrons. The number of ether oxygens (including phenoxy) is 1. The molecule has 1 aromatic rings. The molecule has 0 N–H and O–H groups in total. The van der Waals surface area contributed by atoms with Crippen molar-refractivity contribution in [1.82, 2.24) is 0 Å². The van der Waals surface area contributed by atoms with Crippen molar-refractivity contribution in [3.05, 3.63) is 30.3 Å². The van der Waals surface area contributed by atoms with Crippen molar-refractivity contribution in [1.29, 1.82) is 0 Å². The second-order valence-corrected chi connectivity index (χ2v) is 7.04. The average molecular weight is 339 g/mol. The molecule has 1 atom stereocenters. The van der Waals surface area contributed by atoms with E-state index >= 15 is 0 Å². The maximum atomic E-state index is 11.5. The van der Waals surface area contributed by atoms with Gasteiger partial charge in [0.25, 0.3) is 5.24 Å². The minimum atomic E-state index is -0.523. The summed E-state index contributed by atoms with van der Waals surface area (Å²) in [5, 5.41) is -0.400. The smallest absolute Gasteiger partial charge is 0.262 e. The van der Waals surface area contributed by atoms with E-state index < -0.39 is 11.3 Å². The lowest BCUT2D eigenvalue weighted by Crippen LogP contribution is -2.23. The highest BCUT2D eigenvalue weighted by atomic mass is 35.5. The summed E-state index contributed by atoms with van der Waals surface area (Å²) in [4.78, 5) is 11.5. The Bertz CT molecular complexity index is 417. The Labute approximate surface area is 146 Å². The number of para-hydroxylation sites is 1. The number of rotatable bonds is 13. The van der Waals surface area contributed by atoms with Crippen molar-refractivity contribution in [2.24, 2.45) is 5.92 Å². The first-order valence-corrected chi connectivity index (χ1v) is 9.38. The summed E-state index contributed by atoms with van der Waals surface area (Å²) < 4.78 is 5.68. The molecule has 0 aliphatic heterocycles. The zero-order valence-corrected chi connectivity index (χ0v) is 15.4. The molecule has 3 heteroatoms. The van der Waals surface area contributed by atoms with Crippen LogP contribution in [0, 0.1) is 5.92 Å². The monoisotopic (exact) mass is 338 g/mol. The summed E-state index contributed by atoms with van der Waals surface area (Å²) in [6.45, 7) is 4.57. The van der Waals surface area contributed by atoms with E-state index in [1.807, 2.05) is 30.3 Å². The number of carbonyl (C=O) groups excluding carboxylic acids is 1. The highest BCUT2D eigenvalue weighted by Crippen LogP contribution is 2.17. The fraction of sp³-hybridized carbons (Fsp3) is 0.650. The third kappa shape index (κ3) is 10.4. The van der Waals surface area contributed by atoms with Crippen LogP contribution in [0.2, 0.25) is 0 Å². The molecule has 0 saturated heterocycles. The highest BCUT2D eigenvalue weighted by Gasteiger charge is 2.17. The van der Waals surface area contributed by atoms with Crippen molar-refractivity contribution in [2.45, 2.75) is 77.7 Å². The largest absolute Gasteiger partial charge is 0.481 e. The Morgan fingerprint density at radius 2 is 1.43 bits per heavy atom. The molecule has 0 amide bonds. The Kier molecular flexibility index (Phi) is 10.8. The minimum Gasteiger partial charge on any atom is -0.481 e. The van der Waals surface area contributed by atoms with Crippen LogP contribution in [0.3, 0.4) is 0 Å². The van der Waals surface area contributed by atoms with Gasteiger partial charge in [0.1, 0.15) is 5.75 Å². The highest BCUT2D eigenvalue weighted by molar-refractivity contribution is 6.64. The zero-order chi connectivity index (χ0) is 16.9. The maximum absolute atomic E-state index is 11.5. The van der Waals surface area contributed by atoms with Crippen LogP contribution < -0.4 is 4.74 Å². The van der Waals surface area contributed by atoms with E-state index in [1.165, 1.54) is 38.5 Å². The van der Waals surface area contributed by atoms with Crippen LogP contribution in [0.15, 0.2) is 30.3 Å². The molecular formula is C20H31ClO2. The molecular weight excluding hydrogens is 308 g/mol. The van der Waals surface area contributed by atoms with E-state index in [2.05, 4.69) is 13.8 Å². The summed E-state index contributed by atoms with van der Waals surface area (Å²) >= 11 is 5.65. The van der Waals surface area contributed by atoms with Gasteiger partial charge in [0, 0.05) is 0 Å². The van der Waals surface area contributed by atoms with Crippen LogP contribution in [0.4, 0.5) is 0 Å². The van der Waals surface area contributed by atoms with Gasteiger partial charge in [0.05, 0.1) is 0 Å². The topological polar surface area (TPSA) is 26.3 Å². The molecule has 0 spiro atoms. The molecule has 2 nitrogen and oxygen atoms in total. The number of carbonyl (C=O) groups is 1. The van der Waals surface area contributed by atoms with Crippen molar-refractivity contribution in [2.75, 3.05) is 0 Å². The number of hydrogen-bond acceptors (Lipinski definition) is 2. The van der Waals surface area contributed by atoms with Crippen LogP contribution in [0.25, 0.3) is 0 Å². The lowest BCUT2D eigenvalue weighted by atomic mass is 10.0. The molecule has 0 aliphatic carbocycles. The van der Waals surface area contributed by atoms with Crippen LogP contribution in [0.5, 0.6) is 5.75 Å². The first-order chi connectivity index (χ1) is 11.1. The quantitative estimate of drug-likeness (QED) is 0.308. The van der Waals surface area contributed by atoms with Crippen LogP contribution in [-0.2, 0) is 4.79 Å². The molecule has 130 valence electrons. The van der Waals surface area contributed by atoms with Gasteiger partial charge in [-0.25, -0.2) is 0 Å². The van der Waals surface area contributed by atoms with Gasteiger partial charge in [0.15, 0.2) is 6.10 Å². The third-order valence-corrected chi connectivity index (χ3v) is 4.27. The van der Waals surface area contributed by atoms with Crippen LogP contribution >= 0.6 is 11.6 Å². The standard InChI is InChI=1S/C20H31ClO2/c1-17(2)13-9-6-4-3-5-7-12-16-19(20(21)22)23-18-14-10-8-11-15-18/h8,10-11,14-15,17,19H,3-7,9,12-13,16H2,1-2H3. The van der Waals surface area contributed by atoms with Crippen molar-refractivity contribution >= 4 is 16.8 Å². The molecule has 0 aromatic heterocycles. The Morgan fingerprint density at radius 1 is 0.913 bits per heavy atom. The fourth-order valence-corrected chi connectivity index (χ4v) is 2.80. The van der Waals surface area contributed by atoms with Crippen molar-refractivity contribution in [3.63, 3.8) is 0 Å². The molecule has 0 heterocycles. The van der Waals surface area contributed by atoms with Crippen molar-refractivity contribution in [3.8, 4) is 5.75 Å². The van der Waals surface area contributed by atoms with Gasteiger partial charge < -0.3 is 4.74 Å². The molecule has 0 saturated carbocycles. The van der Waals surface area contributed by atoms with Gasteiger partial charge in [-0.3, -0.25) is 4.79 Å². The van der Waals surface area contributed by atoms with Crippen LogP contribution in [-0.4, -0.2) is 11.3 Å². The van der Waals surface area contributed by atoms with E-state index in [1.54, 1.807) is 0 Å².